The van der Waals surface area contributed by atoms with Gasteiger partial charge in [0.05, 0.1) is 0 Å². The Balaban J connectivity index is 3.05. The second-order valence-electron chi connectivity index (χ2n) is 2.86. The van der Waals surface area contributed by atoms with Crippen molar-refractivity contribution in [3.8, 4) is 5.75 Å². The summed E-state index contributed by atoms with van der Waals surface area (Å²) in [6.45, 7) is 0. The lowest BCUT2D eigenvalue weighted by Crippen LogP contribution is -2.17. The summed E-state index contributed by atoms with van der Waals surface area (Å²) in [7, 11) is 0.963. The van der Waals surface area contributed by atoms with Crippen LogP contribution in [0.2, 0.25) is 0 Å². The minimum Gasteiger partial charge on any atom is -0.405 e. The van der Waals surface area contributed by atoms with Gasteiger partial charge >= 0.3 is 6.36 Å². The van der Waals surface area contributed by atoms with Crippen molar-refractivity contribution in [1.29, 1.82) is 0 Å². The van der Waals surface area contributed by atoms with Crippen LogP contribution in [-0.2, 0) is 9.05 Å². The Kier molecular flexibility index (Phi) is 4.05. The van der Waals surface area contributed by atoms with E-state index in [0.717, 1.165) is 12.1 Å². The van der Waals surface area contributed by atoms with E-state index in [0.29, 0.717) is 5.41 Å². The molecule has 1 aromatic carbocycles. The van der Waals surface area contributed by atoms with Crippen LogP contribution in [0, 0.1) is 0 Å². The molecule has 0 heterocycles. The first-order valence-electron chi connectivity index (χ1n) is 4.15. The van der Waals surface area contributed by atoms with Crippen molar-refractivity contribution in [2.45, 2.75) is 6.36 Å². The highest BCUT2D eigenvalue weighted by molar-refractivity contribution is 8.16. The van der Waals surface area contributed by atoms with Crippen LogP contribution in [0.15, 0.2) is 29.7 Å². The molecule has 0 atom stereocenters. The van der Waals surface area contributed by atoms with Crippen LogP contribution in [0.3, 0.4) is 0 Å². The second kappa shape index (κ2) is 4.97. The Hall–Kier alpha value is -1.21. The third-order valence-corrected chi connectivity index (χ3v) is 2.32. The molecular weight excluding hydrogens is 281 g/mol. The summed E-state index contributed by atoms with van der Waals surface area (Å²) in [6.07, 6.45) is -3.92. The van der Waals surface area contributed by atoms with E-state index in [9.17, 15) is 21.6 Å². The molecule has 0 saturated carbocycles. The Morgan fingerprint density at radius 2 is 1.82 bits per heavy atom. The summed E-state index contributed by atoms with van der Waals surface area (Å²) in [5, 5.41) is 0.577. The second-order valence-corrected chi connectivity index (χ2v) is 5.38. The lowest BCUT2D eigenvalue weighted by atomic mass is 10.2. The summed E-state index contributed by atoms with van der Waals surface area (Å²) in [5.74, 6) is -0.503. The molecule has 0 fully saturated rings. The normalized spacial score (nSPS) is 12.9. The molecule has 1 rings (SSSR count). The molecule has 94 valence electrons. The number of hydrogen-bond donors (Lipinski definition) is 0. The first-order chi connectivity index (χ1) is 7.67. The van der Waals surface area contributed by atoms with Crippen molar-refractivity contribution >= 4 is 25.8 Å². The Morgan fingerprint density at radius 1 is 1.24 bits per heavy atom. The summed E-state index contributed by atoms with van der Waals surface area (Å²) in [6, 6.07) is 5.09. The van der Waals surface area contributed by atoms with Crippen molar-refractivity contribution in [2.24, 2.45) is 0 Å². The number of para-hydroxylation sites is 1. The van der Waals surface area contributed by atoms with Crippen LogP contribution in [0.25, 0.3) is 6.08 Å². The highest BCUT2D eigenvalue weighted by Crippen LogP contribution is 2.27. The van der Waals surface area contributed by atoms with Crippen molar-refractivity contribution in [3.63, 3.8) is 0 Å². The molecule has 0 aliphatic heterocycles. The minimum atomic E-state index is -4.84. The molecule has 8 heteroatoms. The lowest BCUT2D eigenvalue weighted by molar-refractivity contribution is -0.274. The zero-order valence-electron chi connectivity index (χ0n) is 8.11. The predicted molar refractivity (Wildman–Crippen MR) is 56.9 cm³/mol. The van der Waals surface area contributed by atoms with Gasteiger partial charge in [0.25, 0.3) is 9.05 Å². The topological polar surface area (TPSA) is 43.4 Å². The van der Waals surface area contributed by atoms with Gasteiger partial charge in [-0.15, -0.1) is 13.2 Å². The third-order valence-electron chi connectivity index (χ3n) is 1.55. The maximum atomic E-state index is 12.0. The molecule has 0 spiro atoms. The van der Waals surface area contributed by atoms with Gasteiger partial charge in [-0.25, -0.2) is 8.42 Å². The fourth-order valence-corrected chi connectivity index (χ4v) is 1.45. The van der Waals surface area contributed by atoms with E-state index in [1.165, 1.54) is 18.2 Å². The summed E-state index contributed by atoms with van der Waals surface area (Å²) < 4.78 is 61.0. The summed E-state index contributed by atoms with van der Waals surface area (Å²) in [5.41, 5.74) is -0.0472. The van der Waals surface area contributed by atoms with Crippen LogP contribution in [0.4, 0.5) is 13.2 Å². The average molecular weight is 287 g/mol. The molecule has 0 unspecified atom stereocenters. The third kappa shape index (κ3) is 5.60. The molecule has 0 aliphatic carbocycles. The van der Waals surface area contributed by atoms with E-state index in [1.807, 2.05) is 0 Å². The zero-order valence-corrected chi connectivity index (χ0v) is 9.68. The van der Waals surface area contributed by atoms with Crippen LogP contribution < -0.4 is 4.74 Å². The number of benzene rings is 1. The molecule has 3 nitrogen and oxygen atoms in total. The molecule has 17 heavy (non-hydrogen) atoms. The molecule has 0 aromatic heterocycles. The van der Waals surface area contributed by atoms with Gasteiger partial charge in [-0.3, -0.25) is 0 Å². The summed E-state index contributed by atoms with van der Waals surface area (Å²) in [4.78, 5) is 0. The fourth-order valence-electron chi connectivity index (χ4n) is 0.990. The van der Waals surface area contributed by atoms with E-state index in [4.69, 9.17) is 10.7 Å². The molecule has 0 aliphatic rings. The van der Waals surface area contributed by atoms with E-state index < -0.39 is 21.2 Å². The molecule has 1 aromatic rings. The van der Waals surface area contributed by atoms with E-state index in [-0.39, 0.29) is 5.56 Å². The van der Waals surface area contributed by atoms with Gasteiger partial charge in [-0.05, 0) is 12.1 Å². The first-order valence-corrected chi connectivity index (χ1v) is 6.52. The molecule has 0 amide bonds. The Bertz CT molecular complexity index is 523. The highest BCUT2D eigenvalue weighted by Gasteiger charge is 2.31. The first kappa shape index (κ1) is 13.9. The smallest absolute Gasteiger partial charge is 0.405 e. The van der Waals surface area contributed by atoms with Crippen molar-refractivity contribution < 1.29 is 26.3 Å². The largest absolute Gasteiger partial charge is 0.573 e. The number of halogens is 4. The highest BCUT2D eigenvalue weighted by atomic mass is 35.7. The standard InChI is InChI=1S/C9H6ClF3O3S/c10-17(14,15)6-5-7-3-1-2-4-8(7)16-9(11,12)13/h1-6H. The van der Waals surface area contributed by atoms with E-state index >= 15 is 0 Å². The maximum absolute atomic E-state index is 12.0. The van der Waals surface area contributed by atoms with Crippen molar-refractivity contribution in [3.05, 3.63) is 35.2 Å². The number of ether oxygens (including phenoxy) is 1. The molecule has 0 bridgehead atoms. The van der Waals surface area contributed by atoms with Gasteiger partial charge in [0, 0.05) is 21.7 Å². The van der Waals surface area contributed by atoms with Crippen LogP contribution in [-0.4, -0.2) is 14.8 Å². The lowest BCUT2D eigenvalue weighted by Gasteiger charge is -2.10. The van der Waals surface area contributed by atoms with Gasteiger partial charge in [0.1, 0.15) is 5.75 Å². The zero-order chi connectivity index (χ0) is 13.1. The van der Waals surface area contributed by atoms with Gasteiger partial charge in [0.15, 0.2) is 0 Å². The van der Waals surface area contributed by atoms with Gasteiger partial charge in [-0.2, -0.15) is 0 Å². The predicted octanol–water partition coefficient (Wildman–Crippen LogP) is 3.12. The SMILES string of the molecule is O=S(=O)(Cl)C=Cc1ccccc1OC(F)(F)F. The molecule has 0 saturated heterocycles. The van der Waals surface area contributed by atoms with Crippen LogP contribution >= 0.6 is 10.7 Å². The minimum absolute atomic E-state index is 0.0472. The number of alkyl halides is 3. The monoisotopic (exact) mass is 286 g/mol. The molecule has 0 N–H and O–H groups in total. The Morgan fingerprint density at radius 3 is 2.35 bits per heavy atom. The van der Waals surface area contributed by atoms with E-state index in [2.05, 4.69) is 4.74 Å². The molecular formula is C9H6ClF3O3S. The summed E-state index contributed by atoms with van der Waals surface area (Å²) >= 11 is 0. The van der Waals surface area contributed by atoms with Gasteiger partial charge < -0.3 is 4.74 Å². The maximum Gasteiger partial charge on any atom is 0.573 e. The number of rotatable bonds is 3. The quantitative estimate of drug-likeness (QED) is 0.802. The Labute approximate surface area is 99.9 Å². The van der Waals surface area contributed by atoms with Crippen molar-refractivity contribution in [1.82, 2.24) is 0 Å². The number of hydrogen-bond acceptors (Lipinski definition) is 3. The van der Waals surface area contributed by atoms with Crippen LogP contribution in [0.5, 0.6) is 5.75 Å². The van der Waals surface area contributed by atoms with Gasteiger partial charge in [-0.1, -0.05) is 18.2 Å². The van der Waals surface area contributed by atoms with Crippen LogP contribution in [0.1, 0.15) is 5.56 Å². The molecule has 0 radical (unpaired) electrons. The van der Waals surface area contributed by atoms with Gasteiger partial charge in [0.2, 0.25) is 0 Å². The average Bonchev–Trinajstić information content (AvgIpc) is 2.12. The van der Waals surface area contributed by atoms with Crippen molar-refractivity contribution in [2.75, 3.05) is 0 Å². The fraction of sp³-hybridized carbons (Fsp3) is 0.111. The van der Waals surface area contributed by atoms with E-state index in [1.54, 1.807) is 0 Å².